The standard InChI is InChI=1S/C11H11BrN4/c1-7-8(12)3-2-4-9(7)16-11-6-14-10(13)5-15-11/h2-6H,1H3,(H2,13,14)(H,15,16). The van der Waals surface area contributed by atoms with E-state index < -0.39 is 0 Å². The van der Waals surface area contributed by atoms with Gasteiger partial charge in [-0.1, -0.05) is 22.0 Å². The first-order valence-electron chi connectivity index (χ1n) is 4.76. The first-order valence-corrected chi connectivity index (χ1v) is 5.56. The second kappa shape index (κ2) is 4.49. The molecule has 0 radical (unpaired) electrons. The molecule has 2 aromatic rings. The van der Waals surface area contributed by atoms with E-state index >= 15 is 0 Å². The molecule has 1 heterocycles. The third-order valence-corrected chi connectivity index (χ3v) is 3.06. The molecule has 4 nitrogen and oxygen atoms in total. The SMILES string of the molecule is Cc1c(Br)cccc1Nc1cnc(N)cn1. The van der Waals surface area contributed by atoms with Crippen LogP contribution in [0.1, 0.15) is 5.56 Å². The number of hydrogen-bond acceptors (Lipinski definition) is 4. The second-order valence-corrected chi connectivity index (χ2v) is 4.22. The Hall–Kier alpha value is -1.62. The van der Waals surface area contributed by atoms with E-state index in [4.69, 9.17) is 5.73 Å². The van der Waals surface area contributed by atoms with Crippen molar-refractivity contribution in [1.82, 2.24) is 9.97 Å². The number of nitrogens with two attached hydrogens (primary N) is 1. The Morgan fingerprint density at radius 1 is 1.25 bits per heavy atom. The smallest absolute Gasteiger partial charge is 0.149 e. The zero-order valence-electron chi connectivity index (χ0n) is 8.74. The van der Waals surface area contributed by atoms with Crippen LogP contribution in [0.5, 0.6) is 0 Å². The third kappa shape index (κ3) is 2.30. The molecule has 5 heteroatoms. The van der Waals surface area contributed by atoms with Crippen LogP contribution < -0.4 is 11.1 Å². The topological polar surface area (TPSA) is 63.8 Å². The van der Waals surface area contributed by atoms with Crippen molar-refractivity contribution in [2.45, 2.75) is 6.92 Å². The van der Waals surface area contributed by atoms with Gasteiger partial charge in [0.15, 0.2) is 0 Å². The molecule has 0 aliphatic rings. The van der Waals surface area contributed by atoms with Gasteiger partial charge in [0, 0.05) is 10.2 Å². The van der Waals surface area contributed by atoms with E-state index in [1.807, 2.05) is 25.1 Å². The summed E-state index contributed by atoms with van der Waals surface area (Å²) in [5.74, 6) is 1.09. The summed E-state index contributed by atoms with van der Waals surface area (Å²) in [6, 6.07) is 5.94. The fraction of sp³-hybridized carbons (Fsp3) is 0.0909. The van der Waals surface area contributed by atoms with Crippen LogP contribution in [0.4, 0.5) is 17.3 Å². The lowest BCUT2D eigenvalue weighted by Gasteiger charge is -2.09. The maximum atomic E-state index is 5.47. The van der Waals surface area contributed by atoms with Gasteiger partial charge in [-0.05, 0) is 24.6 Å². The molecule has 2 rings (SSSR count). The Kier molecular flexibility index (Phi) is 3.05. The Morgan fingerprint density at radius 3 is 2.75 bits per heavy atom. The van der Waals surface area contributed by atoms with E-state index in [1.54, 1.807) is 6.20 Å². The summed E-state index contributed by atoms with van der Waals surface area (Å²) >= 11 is 3.47. The van der Waals surface area contributed by atoms with Gasteiger partial charge >= 0.3 is 0 Å². The highest BCUT2D eigenvalue weighted by Crippen LogP contribution is 2.25. The van der Waals surface area contributed by atoms with Crippen molar-refractivity contribution >= 4 is 33.3 Å². The van der Waals surface area contributed by atoms with Crippen LogP contribution in [0.25, 0.3) is 0 Å². The lowest BCUT2D eigenvalue weighted by molar-refractivity contribution is 1.20. The normalized spacial score (nSPS) is 10.1. The lowest BCUT2D eigenvalue weighted by atomic mass is 10.2. The molecule has 0 bridgehead atoms. The number of hydrogen-bond donors (Lipinski definition) is 2. The van der Waals surface area contributed by atoms with Crippen LogP contribution in [0, 0.1) is 6.92 Å². The number of anilines is 3. The molecule has 0 atom stereocenters. The fourth-order valence-corrected chi connectivity index (χ4v) is 1.65. The quantitative estimate of drug-likeness (QED) is 0.887. The average molecular weight is 279 g/mol. The molecule has 1 aromatic carbocycles. The number of benzene rings is 1. The first-order chi connectivity index (χ1) is 7.66. The van der Waals surface area contributed by atoms with Gasteiger partial charge in [0.25, 0.3) is 0 Å². The van der Waals surface area contributed by atoms with Gasteiger partial charge in [-0.15, -0.1) is 0 Å². The predicted molar refractivity (Wildman–Crippen MR) is 68.6 cm³/mol. The summed E-state index contributed by atoms with van der Waals surface area (Å²) in [5.41, 5.74) is 7.59. The van der Waals surface area contributed by atoms with Gasteiger partial charge in [0.1, 0.15) is 11.6 Å². The molecule has 0 saturated carbocycles. The summed E-state index contributed by atoms with van der Waals surface area (Å²) in [7, 11) is 0. The molecule has 1 aromatic heterocycles. The van der Waals surface area contributed by atoms with Crippen molar-refractivity contribution in [1.29, 1.82) is 0 Å². The Labute approximate surface area is 102 Å². The minimum Gasteiger partial charge on any atom is -0.382 e. The van der Waals surface area contributed by atoms with Gasteiger partial charge in [0.2, 0.25) is 0 Å². The lowest BCUT2D eigenvalue weighted by Crippen LogP contribution is -1.98. The molecule has 82 valence electrons. The van der Waals surface area contributed by atoms with Crippen LogP contribution in [0.2, 0.25) is 0 Å². The van der Waals surface area contributed by atoms with Crippen LogP contribution in [0.15, 0.2) is 35.1 Å². The largest absolute Gasteiger partial charge is 0.382 e. The van der Waals surface area contributed by atoms with E-state index in [9.17, 15) is 0 Å². The number of nitrogens with one attached hydrogen (secondary N) is 1. The van der Waals surface area contributed by atoms with Gasteiger partial charge in [0.05, 0.1) is 12.4 Å². The Morgan fingerprint density at radius 2 is 2.06 bits per heavy atom. The predicted octanol–water partition coefficient (Wildman–Crippen LogP) is 2.87. The van der Waals surface area contributed by atoms with Crippen molar-refractivity contribution in [3.63, 3.8) is 0 Å². The van der Waals surface area contributed by atoms with Gasteiger partial charge in [-0.3, -0.25) is 0 Å². The molecular weight excluding hydrogens is 268 g/mol. The van der Waals surface area contributed by atoms with E-state index in [-0.39, 0.29) is 0 Å². The minimum atomic E-state index is 0.413. The molecule has 3 N–H and O–H groups in total. The average Bonchev–Trinajstić information content (AvgIpc) is 2.28. The highest BCUT2D eigenvalue weighted by Gasteiger charge is 2.02. The number of nitrogen functional groups attached to an aromatic ring is 1. The van der Waals surface area contributed by atoms with Gasteiger partial charge < -0.3 is 11.1 Å². The molecule has 0 fully saturated rings. The molecule has 0 saturated heterocycles. The highest BCUT2D eigenvalue weighted by molar-refractivity contribution is 9.10. The monoisotopic (exact) mass is 278 g/mol. The van der Waals surface area contributed by atoms with Crippen LogP contribution in [-0.2, 0) is 0 Å². The summed E-state index contributed by atoms with van der Waals surface area (Å²) in [6.07, 6.45) is 3.13. The zero-order chi connectivity index (χ0) is 11.5. The van der Waals surface area contributed by atoms with Crippen molar-refractivity contribution < 1.29 is 0 Å². The van der Waals surface area contributed by atoms with Crippen LogP contribution in [0.3, 0.4) is 0 Å². The molecule has 0 spiro atoms. The van der Waals surface area contributed by atoms with Crippen LogP contribution in [-0.4, -0.2) is 9.97 Å². The molecule has 0 unspecified atom stereocenters. The number of aromatic nitrogens is 2. The summed E-state index contributed by atoms with van der Waals surface area (Å²) in [6.45, 7) is 2.02. The summed E-state index contributed by atoms with van der Waals surface area (Å²) in [5, 5.41) is 3.18. The maximum absolute atomic E-state index is 5.47. The molecule has 0 aliphatic heterocycles. The first kappa shape index (κ1) is 10.9. The highest BCUT2D eigenvalue weighted by atomic mass is 79.9. The number of rotatable bonds is 2. The van der Waals surface area contributed by atoms with Gasteiger partial charge in [-0.2, -0.15) is 0 Å². The Balaban J connectivity index is 2.27. The third-order valence-electron chi connectivity index (χ3n) is 2.20. The van der Waals surface area contributed by atoms with Crippen molar-refractivity contribution in [2.75, 3.05) is 11.1 Å². The van der Waals surface area contributed by atoms with Crippen molar-refractivity contribution in [3.8, 4) is 0 Å². The fourth-order valence-electron chi connectivity index (χ4n) is 1.28. The van der Waals surface area contributed by atoms with Gasteiger partial charge in [-0.25, -0.2) is 9.97 Å². The van der Waals surface area contributed by atoms with E-state index in [0.29, 0.717) is 11.6 Å². The van der Waals surface area contributed by atoms with E-state index in [2.05, 4.69) is 31.2 Å². The van der Waals surface area contributed by atoms with E-state index in [1.165, 1.54) is 6.20 Å². The molecule has 0 aliphatic carbocycles. The van der Waals surface area contributed by atoms with Crippen molar-refractivity contribution in [3.05, 3.63) is 40.6 Å². The molecular formula is C11H11BrN4. The summed E-state index contributed by atoms with van der Waals surface area (Å²) < 4.78 is 1.06. The maximum Gasteiger partial charge on any atom is 0.149 e. The number of halogens is 1. The second-order valence-electron chi connectivity index (χ2n) is 3.36. The zero-order valence-corrected chi connectivity index (χ0v) is 10.3. The minimum absolute atomic E-state index is 0.413. The van der Waals surface area contributed by atoms with E-state index in [0.717, 1.165) is 15.7 Å². The molecule has 0 amide bonds. The van der Waals surface area contributed by atoms with Crippen LogP contribution >= 0.6 is 15.9 Å². The molecule has 16 heavy (non-hydrogen) atoms. The summed E-state index contributed by atoms with van der Waals surface area (Å²) in [4.78, 5) is 8.10. The Bertz CT molecular complexity index is 496. The number of nitrogens with zero attached hydrogens (tertiary/aromatic N) is 2. The van der Waals surface area contributed by atoms with Crippen molar-refractivity contribution in [2.24, 2.45) is 0 Å².